The van der Waals surface area contributed by atoms with Crippen molar-refractivity contribution in [2.24, 2.45) is 0 Å². The molecular weight excluding hydrogens is 443 g/mol. The molecule has 0 aliphatic heterocycles. The van der Waals surface area contributed by atoms with E-state index in [4.69, 9.17) is 24.5 Å². The molecule has 2 rings (SSSR count). The summed E-state index contributed by atoms with van der Waals surface area (Å²) in [6.07, 6.45) is -3.25. The first-order valence-corrected chi connectivity index (χ1v) is 10.2. The number of halogens is 3. The maximum Gasteiger partial charge on any atom is 0.490 e. The largest absolute Gasteiger partial charge is 0.493 e. The number of nitrogens with one attached hydrogen (secondary N) is 1. The third kappa shape index (κ3) is 14.6. The maximum atomic E-state index is 10.6. The molecule has 10 heteroatoms. The highest BCUT2D eigenvalue weighted by Crippen LogP contribution is 2.14. The van der Waals surface area contributed by atoms with Gasteiger partial charge in [0, 0.05) is 13.0 Å². The van der Waals surface area contributed by atoms with Crippen molar-refractivity contribution in [2.45, 2.75) is 32.0 Å². The van der Waals surface area contributed by atoms with Gasteiger partial charge < -0.3 is 25.0 Å². The quantitative estimate of drug-likeness (QED) is 0.381. The van der Waals surface area contributed by atoms with Crippen molar-refractivity contribution >= 4 is 11.9 Å². The van der Waals surface area contributed by atoms with Crippen LogP contribution in [-0.4, -0.2) is 54.6 Å². The van der Waals surface area contributed by atoms with Crippen molar-refractivity contribution in [3.63, 3.8) is 0 Å². The van der Waals surface area contributed by atoms with Gasteiger partial charge >= 0.3 is 18.1 Å². The van der Waals surface area contributed by atoms with Crippen molar-refractivity contribution in [2.75, 3.05) is 26.3 Å². The molecule has 0 saturated carbocycles. The van der Waals surface area contributed by atoms with Crippen LogP contribution in [0.1, 0.15) is 24.0 Å². The number of carbonyl (C=O) groups is 2. The average Bonchev–Trinajstić information content (AvgIpc) is 2.76. The highest BCUT2D eigenvalue weighted by atomic mass is 19.4. The summed E-state index contributed by atoms with van der Waals surface area (Å²) in [5.41, 5.74) is 2.35. The fourth-order valence-corrected chi connectivity index (χ4v) is 2.46. The van der Waals surface area contributed by atoms with E-state index in [0.29, 0.717) is 26.4 Å². The maximum absolute atomic E-state index is 10.6. The van der Waals surface area contributed by atoms with E-state index >= 15 is 0 Å². The predicted octanol–water partition coefficient (Wildman–Crippen LogP) is 3.91. The number of hydrogen-bond donors (Lipinski definition) is 3. The molecule has 182 valence electrons. The molecule has 0 aliphatic carbocycles. The molecule has 0 radical (unpaired) electrons. The fraction of sp³-hybridized carbons (Fsp3) is 0.391. The number of rotatable bonds is 13. The Kier molecular flexibility index (Phi) is 13.2. The smallest absolute Gasteiger partial charge is 0.490 e. The van der Waals surface area contributed by atoms with Gasteiger partial charge in [-0.1, -0.05) is 42.5 Å². The Hall–Kier alpha value is -3.11. The average molecular weight is 471 g/mol. The first kappa shape index (κ1) is 27.9. The normalized spacial score (nSPS) is 10.8. The lowest BCUT2D eigenvalue weighted by atomic mass is 10.1. The molecule has 33 heavy (non-hydrogen) atoms. The molecule has 0 bridgehead atoms. The summed E-state index contributed by atoms with van der Waals surface area (Å²) in [5.74, 6) is -2.68. The molecule has 0 spiro atoms. The fourth-order valence-electron chi connectivity index (χ4n) is 2.46. The molecule has 0 aliphatic rings. The van der Waals surface area contributed by atoms with E-state index in [-0.39, 0.29) is 6.42 Å². The Morgan fingerprint density at radius 3 is 2.21 bits per heavy atom. The van der Waals surface area contributed by atoms with Crippen LogP contribution in [0.25, 0.3) is 0 Å². The molecule has 0 atom stereocenters. The molecule has 3 N–H and O–H groups in total. The van der Waals surface area contributed by atoms with E-state index in [1.165, 1.54) is 11.1 Å². The van der Waals surface area contributed by atoms with Crippen molar-refractivity contribution in [1.82, 2.24) is 5.32 Å². The summed E-state index contributed by atoms with van der Waals surface area (Å²) >= 11 is 0. The minimum atomic E-state index is -5.08. The van der Waals surface area contributed by atoms with E-state index in [1.807, 2.05) is 36.4 Å². The van der Waals surface area contributed by atoms with Gasteiger partial charge in [-0.05, 0) is 36.2 Å². The Morgan fingerprint density at radius 1 is 0.909 bits per heavy atom. The van der Waals surface area contributed by atoms with Crippen LogP contribution in [-0.2, 0) is 27.4 Å². The predicted molar refractivity (Wildman–Crippen MR) is 115 cm³/mol. The van der Waals surface area contributed by atoms with Crippen molar-refractivity contribution in [3.05, 3.63) is 65.7 Å². The zero-order valence-corrected chi connectivity index (χ0v) is 18.0. The van der Waals surface area contributed by atoms with Crippen LogP contribution in [0.3, 0.4) is 0 Å². The first-order chi connectivity index (χ1) is 15.7. The van der Waals surface area contributed by atoms with Crippen molar-refractivity contribution in [3.8, 4) is 5.75 Å². The van der Waals surface area contributed by atoms with E-state index < -0.39 is 18.1 Å². The molecule has 0 saturated heterocycles. The minimum absolute atomic E-state index is 0.148. The number of carboxylic acids is 2. The Balaban J connectivity index is 0.000000675. The number of aliphatic carboxylic acids is 2. The lowest BCUT2D eigenvalue weighted by Gasteiger charge is -2.09. The van der Waals surface area contributed by atoms with Gasteiger partial charge in [0.2, 0.25) is 0 Å². The second-order valence-electron chi connectivity index (χ2n) is 6.83. The number of ether oxygens (including phenoxy) is 2. The lowest BCUT2D eigenvalue weighted by molar-refractivity contribution is -0.192. The van der Waals surface area contributed by atoms with Crippen LogP contribution in [0.15, 0.2) is 54.6 Å². The lowest BCUT2D eigenvalue weighted by Crippen LogP contribution is -2.21. The van der Waals surface area contributed by atoms with Crippen LogP contribution in [0, 0.1) is 0 Å². The zero-order valence-electron chi connectivity index (χ0n) is 18.0. The van der Waals surface area contributed by atoms with Crippen LogP contribution in [0.2, 0.25) is 0 Å². The van der Waals surface area contributed by atoms with Gasteiger partial charge in [0.1, 0.15) is 5.75 Å². The van der Waals surface area contributed by atoms with Gasteiger partial charge in [0.25, 0.3) is 0 Å². The van der Waals surface area contributed by atoms with E-state index in [9.17, 15) is 18.0 Å². The summed E-state index contributed by atoms with van der Waals surface area (Å²) in [5, 5.41) is 18.8. The van der Waals surface area contributed by atoms with Crippen molar-refractivity contribution in [1.29, 1.82) is 0 Å². The monoisotopic (exact) mass is 471 g/mol. The van der Waals surface area contributed by atoms with E-state index in [0.717, 1.165) is 25.1 Å². The molecule has 7 nitrogen and oxygen atoms in total. The van der Waals surface area contributed by atoms with Crippen molar-refractivity contribution < 1.29 is 42.4 Å². The number of hydrogen-bond acceptors (Lipinski definition) is 5. The van der Waals surface area contributed by atoms with E-state index in [1.54, 1.807) is 0 Å². The van der Waals surface area contributed by atoms with Gasteiger partial charge in [-0.2, -0.15) is 13.2 Å². The van der Waals surface area contributed by atoms with Gasteiger partial charge in [-0.15, -0.1) is 0 Å². The standard InChI is InChI=1S/C21H27NO4.C2HF3O2/c23-21(24)11-13-22-12-10-18-8-4-9-20(16-18)26-15-5-14-25-17-19-6-2-1-3-7-19;3-2(4,5)1(6)7/h1-4,6-9,16,22H,5,10-15,17H2,(H,23,24);(H,6,7). The summed E-state index contributed by atoms with van der Waals surface area (Å²) in [6.45, 7) is 3.17. The molecule has 2 aromatic rings. The number of alkyl halides is 3. The second kappa shape index (κ2) is 15.7. The molecule has 0 fully saturated rings. The molecule has 0 aromatic heterocycles. The minimum Gasteiger partial charge on any atom is -0.493 e. The summed E-state index contributed by atoms with van der Waals surface area (Å²) < 4.78 is 43.2. The summed E-state index contributed by atoms with van der Waals surface area (Å²) in [4.78, 5) is 19.3. The molecule has 0 unspecified atom stereocenters. The van der Waals surface area contributed by atoms with Gasteiger partial charge in [-0.25, -0.2) is 4.79 Å². The SMILES string of the molecule is O=C(O)C(F)(F)F.O=C(O)CCNCCc1cccc(OCCCOCc2ccccc2)c1. The Labute approximate surface area is 190 Å². The molecule has 2 aromatic carbocycles. The van der Waals surface area contributed by atoms with Crippen LogP contribution >= 0.6 is 0 Å². The second-order valence-corrected chi connectivity index (χ2v) is 6.83. The molecular formula is C23H28F3NO6. The first-order valence-electron chi connectivity index (χ1n) is 10.2. The highest BCUT2D eigenvalue weighted by Gasteiger charge is 2.38. The van der Waals surface area contributed by atoms with Crippen LogP contribution in [0.4, 0.5) is 13.2 Å². The topological polar surface area (TPSA) is 105 Å². The Morgan fingerprint density at radius 2 is 1.58 bits per heavy atom. The highest BCUT2D eigenvalue weighted by molar-refractivity contribution is 5.73. The van der Waals surface area contributed by atoms with Crippen LogP contribution in [0.5, 0.6) is 5.75 Å². The summed E-state index contributed by atoms with van der Waals surface area (Å²) in [6, 6.07) is 18.1. The third-order valence-electron chi connectivity index (χ3n) is 4.06. The van der Waals surface area contributed by atoms with Gasteiger partial charge in [0.15, 0.2) is 0 Å². The summed E-state index contributed by atoms with van der Waals surface area (Å²) in [7, 11) is 0. The third-order valence-corrected chi connectivity index (χ3v) is 4.06. The molecule has 0 amide bonds. The van der Waals surface area contributed by atoms with Gasteiger partial charge in [-0.3, -0.25) is 4.79 Å². The zero-order chi connectivity index (χ0) is 24.5. The molecule has 0 heterocycles. The van der Waals surface area contributed by atoms with E-state index in [2.05, 4.69) is 23.5 Å². The number of carboxylic acid groups (broad SMARTS) is 2. The van der Waals surface area contributed by atoms with Gasteiger partial charge in [0.05, 0.1) is 26.2 Å². The van der Waals surface area contributed by atoms with Crippen LogP contribution < -0.4 is 10.1 Å². The number of benzene rings is 2. The Bertz CT molecular complexity index is 830.